The lowest BCUT2D eigenvalue weighted by Gasteiger charge is -2.14. The Kier molecular flexibility index (Phi) is 4.73. The Labute approximate surface area is 101 Å². The molecule has 94 valence electrons. The Morgan fingerprint density at radius 3 is 2.59 bits per heavy atom. The molecule has 17 heavy (non-hydrogen) atoms. The first-order valence-electron chi connectivity index (χ1n) is 5.82. The quantitative estimate of drug-likeness (QED) is 0.701. The molecule has 0 aliphatic rings. The van der Waals surface area contributed by atoms with Crippen molar-refractivity contribution in [2.75, 3.05) is 0 Å². The van der Waals surface area contributed by atoms with Gasteiger partial charge < -0.3 is 0 Å². The van der Waals surface area contributed by atoms with Crippen molar-refractivity contribution in [3.05, 3.63) is 36.4 Å². The highest BCUT2D eigenvalue weighted by Gasteiger charge is 2.31. The molecule has 1 unspecified atom stereocenters. The summed E-state index contributed by atoms with van der Waals surface area (Å²) in [6.07, 6.45) is 5.42. The zero-order valence-corrected chi connectivity index (χ0v) is 10.3. The second-order valence-electron chi connectivity index (χ2n) is 4.21. The van der Waals surface area contributed by atoms with Gasteiger partial charge in [0.2, 0.25) is 0 Å². The van der Waals surface area contributed by atoms with Crippen molar-refractivity contribution in [1.29, 1.82) is 0 Å². The van der Waals surface area contributed by atoms with E-state index >= 15 is 0 Å². The minimum absolute atomic E-state index is 0.259. The van der Waals surface area contributed by atoms with Crippen LogP contribution in [0.2, 0.25) is 0 Å². The zero-order chi connectivity index (χ0) is 12.9. The van der Waals surface area contributed by atoms with Crippen LogP contribution >= 0.6 is 0 Å². The molecule has 0 N–H and O–H groups in total. The summed E-state index contributed by atoms with van der Waals surface area (Å²) in [7, 11) is 0. The van der Waals surface area contributed by atoms with E-state index < -0.39 is 12.3 Å². The van der Waals surface area contributed by atoms with Gasteiger partial charge in [0.05, 0.1) is 11.9 Å². The summed E-state index contributed by atoms with van der Waals surface area (Å²) in [4.78, 5) is 7.88. The lowest BCUT2D eigenvalue weighted by atomic mass is 10.0. The Bertz CT molecular complexity index is 360. The number of aromatic nitrogens is 2. The predicted molar refractivity (Wildman–Crippen MR) is 64.1 cm³/mol. The molecule has 0 aliphatic heterocycles. The standard InChI is InChI=1S/C13H18F2N2/c1-4-6-10(3)11-8-17-12(9-16-11)13(14,15)7-5-2/h5,8-10H,2,4,6-7H2,1,3H3. The fraction of sp³-hybridized carbons (Fsp3) is 0.538. The molecular weight excluding hydrogens is 222 g/mol. The molecule has 0 aliphatic carbocycles. The lowest BCUT2D eigenvalue weighted by molar-refractivity contribution is -0.00585. The summed E-state index contributed by atoms with van der Waals surface area (Å²) in [6, 6.07) is 0. The summed E-state index contributed by atoms with van der Waals surface area (Å²) >= 11 is 0. The van der Waals surface area contributed by atoms with Crippen LogP contribution < -0.4 is 0 Å². The fourth-order valence-corrected chi connectivity index (χ4v) is 1.65. The van der Waals surface area contributed by atoms with E-state index in [1.807, 2.05) is 6.92 Å². The van der Waals surface area contributed by atoms with Gasteiger partial charge in [0.25, 0.3) is 5.92 Å². The van der Waals surface area contributed by atoms with Crippen molar-refractivity contribution in [3.63, 3.8) is 0 Å². The number of alkyl halides is 2. The van der Waals surface area contributed by atoms with Crippen LogP contribution in [-0.2, 0) is 5.92 Å². The molecule has 0 amide bonds. The topological polar surface area (TPSA) is 25.8 Å². The van der Waals surface area contributed by atoms with Crippen molar-refractivity contribution in [1.82, 2.24) is 9.97 Å². The number of halogens is 2. The van der Waals surface area contributed by atoms with Gasteiger partial charge in [0.1, 0.15) is 5.69 Å². The van der Waals surface area contributed by atoms with E-state index in [0.29, 0.717) is 0 Å². The van der Waals surface area contributed by atoms with Crippen LogP contribution in [0, 0.1) is 0 Å². The van der Waals surface area contributed by atoms with Crippen LogP contribution in [0.5, 0.6) is 0 Å². The van der Waals surface area contributed by atoms with Gasteiger partial charge in [-0.1, -0.05) is 26.3 Å². The number of allylic oxidation sites excluding steroid dienone is 1. The molecule has 4 heteroatoms. The molecule has 2 nitrogen and oxygen atoms in total. The van der Waals surface area contributed by atoms with Crippen molar-refractivity contribution in [2.45, 2.75) is 45.0 Å². The zero-order valence-electron chi connectivity index (χ0n) is 10.3. The number of rotatable bonds is 6. The van der Waals surface area contributed by atoms with Gasteiger partial charge in [0, 0.05) is 12.6 Å². The first-order chi connectivity index (χ1) is 8.01. The number of hydrogen-bond acceptors (Lipinski definition) is 2. The second-order valence-corrected chi connectivity index (χ2v) is 4.21. The second kappa shape index (κ2) is 5.84. The van der Waals surface area contributed by atoms with E-state index in [1.54, 1.807) is 0 Å². The molecule has 1 atom stereocenters. The minimum Gasteiger partial charge on any atom is -0.257 e. The first kappa shape index (κ1) is 13.7. The molecule has 0 saturated carbocycles. The van der Waals surface area contributed by atoms with Gasteiger partial charge >= 0.3 is 0 Å². The Morgan fingerprint density at radius 2 is 2.12 bits per heavy atom. The fourth-order valence-electron chi connectivity index (χ4n) is 1.65. The number of nitrogens with zero attached hydrogens (tertiary/aromatic N) is 2. The molecule has 0 bridgehead atoms. The van der Waals surface area contributed by atoms with Crippen molar-refractivity contribution in [3.8, 4) is 0 Å². The van der Waals surface area contributed by atoms with E-state index in [1.165, 1.54) is 18.5 Å². The summed E-state index contributed by atoms with van der Waals surface area (Å²) in [5, 5.41) is 0. The third-order valence-electron chi connectivity index (χ3n) is 2.67. The van der Waals surface area contributed by atoms with Crippen LogP contribution in [0.25, 0.3) is 0 Å². The summed E-state index contributed by atoms with van der Waals surface area (Å²) < 4.78 is 26.9. The average molecular weight is 240 g/mol. The largest absolute Gasteiger partial charge is 0.294 e. The molecule has 0 aromatic carbocycles. The van der Waals surface area contributed by atoms with Crippen LogP contribution in [0.15, 0.2) is 25.0 Å². The average Bonchev–Trinajstić information content (AvgIpc) is 2.29. The monoisotopic (exact) mass is 240 g/mol. The minimum atomic E-state index is -2.97. The van der Waals surface area contributed by atoms with E-state index in [0.717, 1.165) is 18.5 Å². The molecule has 0 fully saturated rings. The van der Waals surface area contributed by atoms with Crippen molar-refractivity contribution < 1.29 is 8.78 Å². The van der Waals surface area contributed by atoms with E-state index in [4.69, 9.17) is 0 Å². The number of hydrogen-bond donors (Lipinski definition) is 0. The normalized spacial score (nSPS) is 13.4. The van der Waals surface area contributed by atoms with Gasteiger partial charge in [-0.05, 0) is 12.3 Å². The maximum Gasteiger partial charge on any atom is 0.294 e. The smallest absolute Gasteiger partial charge is 0.257 e. The van der Waals surface area contributed by atoms with Gasteiger partial charge in [-0.2, -0.15) is 8.78 Å². The van der Waals surface area contributed by atoms with E-state index in [-0.39, 0.29) is 11.6 Å². The van der Waals surface area contributed by atoms with Crippen LogP contribution in [-0.4, -0.2) is 9.97 Å². The van der Waals surface area contributed by atoms with Crippen molar-refractivity contribution >= 4 is 0 Å². The van der Waals surface area contributed by atoms with E-state index in [2.05, 4.69) is 23.5 Å². The summed E-state index contributed by atoms with van der Waals surface area (Å²) in [5.41, 5.74) is 0.481. The molecular formula is C13H18F2N2. The van der Waals surface area contributed by atoms with Crippen LogP contribution in [0.1, 0.15) is 50.4 Å². The van der Waals surface area contributed by atoms with E-state index in [9.17, 15) is 8.78 Å². The maximum atomic E-state index is 13.5. The molecule has 1 aromatic rings. The Balaban J connectivity index is 2.84. The molecule has 0 saturated heterocycles. The summed E-state index contributed by atoms with van der Waals surface area (Å²) in [6.45, 7) is 7.42. The highest BCUT2D eigenvalue weighted by atomic mass is 19.3. The molecule has 0 spiro atoms. The highest BCUT2D eigenvalue weighted by molar-refractivity contribution is 5.11. The van der Waals surface area contributed by atoms with Crippen molar-refractivity contribution in [2.24, 2.45) is 0 Å². The molecule has 1 aromatic heterocycles. The van der Waals surface area contributed by atoms with Crippen LogP contribution in [0.4, 0.5) is 8.78 Å². The SMILES string of the molecule is C=CCC(F)(F)c1cnc(C(C)CCC)cn1. The highest BCUT2D eigenvalue weighted by Crippen LogP contribution is 2.30. The molecule has 1 heterocycles. The molecule has 1 rings (SSSR count). The predicted octanol–water partition coefficient (Wildman–Crippen LogP) is 4.05. The van der Waals surface area contributed by atoms with Gasteiger partial charge in [0.15, 0.2) is 0 Å². The lowest BCUT2D eigenvalue weighted by Crippen LogP contribution is -2.15. The first-order valence-corrected chi connectivity index (χ1v) is 5.82. The van der Waals surface area contributed by atoms with Crippen LogP contribution in [0.3, 0.4) is 0 Å². The third kappa shape index (κ3) is 3.58. The van der Waals surface area contributed by atoms with Gasteiger partial charge in [-0.3, -0.25) is 9.97 Å². The third-order valence-corrected chi connectivity index (χ3v) is 2.67. The Hall–Kier alpha value is -1.32. The maximum absolute atomic E-state index is 13.5. The Morgan fingerprint density at radius 1 is 1.41 bits per heavy atom. The molecule has 0 radical (unpaired) electrons. The van der Waals surface area contributed by atoms with Gasteiger partial charge in [-0.25, -0.2) is 0 Å². The van der Waals surface area contributed by atoms with Gasteiger partial charge in [-0.15, -0.1) is 6.58 Å². The summed E-state index contributed by atoms with van der Waals surface area (Å²) in [5.74, 6) is -2.71.